The maximum Gasteiger partial charge on any atom is 0.191 e. The highest BCUT2D eigenvalue weighted by atomic mass is 32.2. The van der Waals surface area contributed by atoms with Gasteiger partial charge < -0.3 is 9.30 Å². The molecule has 1 fully saturated rings. The van der Waals surface area contributed by atoms with Crippen molar-refractivity contribution in [2.24, 2.45) is 7.05 Å². The predicted molar refractivity (Wildman–Crippen MR) is 145 cm³/mol. The highest BCUT2D eigenvalue weighted by Gasteiger charge is 2.16. The Kier molecular flexibility index (Phi) is 7.82. The molecule has 0 spiro atoms. The van der Waals surface area contributed by atoms with Gasteiger partial charge in [0.15, 0.2) is 16.8 Å². The van der Waals surface area contributed by atoms with Gasteiger partial charge in [-0.1, -0.05) is 97.8 Å². The number of hydrogen-bond donors (Lipinski definition) is 0. The molecular weight excluding hydrogens is 466 g/mol. The third-order valence-electron chi connectivity index (χ3n) is 6.90. The van der Waals surface area contributed by atoms with E-state index in [-0.39, 0.29) is 5.78 Å². The molecule has 6 heteroatoms. The molecule has 0 N–H and O–H groups in total. The quantitative estimate of drug-likeness (QED) is 0.183. The normalized spacial score (nSPS) is 14.0. The summed E-state index contributed by atoms with van der Waals surface area (Å²) < 4.78 is 7.87. The second-order valence-electron chi connectivity index (χ2n) is 9.31. The van der Waals surface area contributed by atoms with Crippen LogP contribution in [0.3, 0.4) is 0 Å². The highest BCUT2D eigenvalue weighted by Crippen LogP contribution is 2.33. The topological polar surface area (TPSA) is 57.0 Å². The molecule has 0 amide bonds. The van der Waals surface area contributed by atoms with Crippen LogP contribution in [0.25, 0.3) is 11.1 Å². The Morgan fingerprint density at radius 2 is 1.58 bits per heavy atom. The van der Waals surface area contributed by atoms with E-state index in [0.29, 0.717) is 29.0 Å². The van der Waals surface area contributed by atoms with E-state index in [0.717, 1.165) is 22.7 Å². The van der Waals surface area contributed by atoms with Gasteiger partial charge in [-0.05, 0) is 47.6 Å². The smallest absolute Gasteiger partial charge is 0.191 e. The van der Waals surface area contributed by atoms with E-state index in [1.807, 2.05) is 54.1 Å². The molecular formula is C30H31N3O2S. The Labute approximate surface area is 216 Å². The van der Waals surface area contributed by atoms with Crippen LogP contribution in [0.5, 0.6) is 5.75 Å². The summed E-state index contributed by atoms with van der Waals surface area (Å²) in [5, 5.41) is 9.24. The van der Waals surface area contributed by atoms with Gasteiger partial charge in [-0.2, -0.15) is 0 Å². The van der Waals surface area contributed by atoms with Crippen molar-refractivity contribution in [2.75, 3.05) is 5.75 Å². The van der Waals surface area contributed by atoms with Gasteiger partial charge >= 0.3 is 0 Å². The Morgan fingerprint density at radius 1 is 0.889 bits per heavy atom. The number of ketones is 1. The molecule has 0 atom stereocenters. The molecule has 36 heavy (non-hydrogen) atoms. The number of rotatable bonds is 9. The fourth-order valence-electron chi connectivity index (χ4n) is 4.71. The van der Waals surface area contributed by atoms with E-state index in [9.17, 15) is 4.79 Å². The van der Waals surface area contributed by atoms with E-state index < -0.39 is 0 Å². The monoisotopic (exact) mass is 497 g/mol. The minimum absolute atomic E-state index is 0.0680. The minimum Gasteiger partial charge on any atom is -0.486 e. The van der Waals surface area contributed by atoms with Crippen molar-refractivity contribution >= 4 is 17.5 Å². The van der Waals surface area contributed by atoms with Crippen LogP contribution in [0.2, 0.25) is 0 Å². The Balaban J connectivity index is 1.13. The summed E-state index contributed by atoms with van der Waals surface area (Å²) in [6.07, 6.45) is 6.62. The summed E-state index contributed by atoms with van der Waals surface area (Å²) in [7, 11) is 1.91. The molecule has 1 aliphatic rings. The zero-order valence-electron chi connectivity index (χ0n) is 20.6. The third-order valence-corrected chi connectivity index (χ3v) is 7.92. The fourth-order valence-corrected chi connectivity index (χ4v) is 5.53. The Hall–Kier alpha value is -3.38. The van der Waals surface area contributed by atoms with Crippen molar-refractivity contribution < 1.29 is 9.53 Å². The van der Waals surface area contributed by atoms with E-state index in [1.54, 1.807) is 0 Å². The van der Waals surface area contributed by atoms with Crippen molar-refractivity contribution in [3.05, 3.63) is 95.8 Å². The molecule has 3 aromatic carbocycles. The lowest BCUT2D eigenvalue weighted by Gasteiger charge is -2.22. The molecule has 0 aliphatic heterocycles. The lowest BCUT2D eigenvalue weighted by atomic mass is 9.84. The van der Waals surface area contributed by atoms with E-state index in [4.69, 9.17) is 4.74 Å². The number of carbonyl (C=O) groups excluding carboxylic acids is 1. The van der Waals surface area contributed by atoms with Crippen LogP contribution < -0.4 is 4.74 Å². The zero-order chi connectivity index (χ0) is 24.7. The molecule has 4 aromatic rings. The van der Waals surface area contributed by atoms with E-state index in [2.05, 4.69) is 46.6 Å². The van der Waals surface area contributed by atoms with Crippen LogP contribution in [0.15, 0.2) is 84.0 Å². The van der Waals surface area contributed by atoms with Crippen LogP contribution in [0.1, 0.15) is 59.8 Å². The van der Waals surface area contributed by atoms with Crippen LogP contribution in [0.4, 0.5) is 0 Å². The molecule has 1 heterocycles. The maximum absolute atomic E-state index is 12.7. The number of carbonyl (C=O) groups is 1. The molecule has 5 rings (SSSR count). The van der Waals surface area contributed by atoms with Gasteiger partial charge in [0, 0.05) is 12.6 Å². The lowest BCUT2D eigenvalue weighted by Crippen LogP contribution is -2.06. The first-order chi connectivity index (χ1) is 17.7. The van der Waals surface area contributed by atoms with E-state index >= 15 is 0 Å². The number of benzene rings is 3. The Bertz CT molecular complexity index is 1280. The van der Waals surface area contributed by atoms with Crippen molar-refractivity contribution in [2.45, 2.75) is 49.8 Å². The van der Waals surface area contributed by atoms with Crippen LogP contribution in [-0.4, -0.2) is 26.3 Å². The van der Waals surface area contributed by atoms with Crippen LogP contribution >= 0.6 is 11.8 Å². The number of nitrogens with zero attached hydrogens (tertiary/aromatic N) is 3. The minimum atomic E-state index is 0.0680. The molecule has 5 nitrogen and oxygen atoms in total. The first-order valence-corrected chi connectivity index (χ1v) is 13.6. The number of Topliss-reactive ketones (excluding diaryl/α,β-unsaturated/α-hetero) is 1. The van der Waals surface area contributed by atoms with Gasteiger partial charge in [0.05, 0.1) is 5.75 Å². The first-order valence-electron chi connectivity index (χ1n) is 12.6. The molecule has 1 aromatic heterocycles. The number of aromatic nitrogens is 3. The highest BCUT2D eigenvalue weighted by molar-refractivity contribution is 7.99. The van der Waals surface area contributed by atoms with Crippen molar-refractivity contribution in [1.29, 1.82) is 0 Å². The number of hydrogen-bond acceptors (Lipinski definition) is 5. The average molecular weight is 498 g/mol. The van der Waals surface area contributed by atoms with E-state index in [1.165, 1.54) is 49.4 Å². The summed E-state index contributed by atoms with van der Waals surface area (Å²) >= 11 is 1.40. The Morgan fingerprint density at radius 3 is 2.31 bits per heavy atom. The first kappa shape index (κ1) is 24.3. The van der Waals surface area contributed by atoms with Gasteiger partial charge in [-0.3, -0.25) is 4.79 Å². The maximum atomic E-state index is 12.7. The summed E-state index contributed by atoms with van der Waals surface area (Å²) in [5.41, 5.74) is 4.35. The molecule has 1 saturated carbocycles. The van der Waals surface area contributed by atoms with Gasteiger partial charge in [-0.15, -0.1) is 10.2 Å². The van der Waals surface area contributed by atoms with Crippen molar-refractivity contribution in [1.82, 2.24) is 14.8 Å². The summed E-state index contributed by atoms with van der Waals surface area (Å²) in [6.45, 7) is 0.335. The second kappa shape index (κ2) is 11.6. The lowest BCUT2D eigenvalue weighted by molar-refractivity contribution is 0.102. The standard InChI is InChI=1S/C30H31N3O2S/c1-33-29(20-35-27-18-16-25(17-19-27)23-10-6-3-7-11-23)31-32-30(33)36-21-28(34)26-14-12-24(13-15-26)22-8-4-2-5-9-22/h2,4-5,8-9,12-19,23H,3,6-7,10-11,20-21H2,1H3. The molecule has 1 aliphatic carbocycles. The van der Waals surface area contributed by atoms with Gasteiger partial charge in [0.2, 0.25) is 0 Å². The average Bonchev–Trinajstić information content (AvgIpc) is 3.30. The summed E-state index contributed by atoms with van der Waals surface area (Å²) in [6, 6.07) is 26.4. The number of thioether (sulfide) groups is 1. The molecule has 0 bridgehead atoms. The largest absolute Gasteiger partial charge is 0.486 e. The molecule has 184 valence electrons. The van der Waals surface area contributed by atoms with Crippen LogP contribution in [-0.2, 0) is 13.7 Å². The van der Waals surface area contributed by atoms with Crippen molar-refractivity contribution in [3.8, 4) is 16.9 Å². The molecule has 0 radical (unpaired) electrons. The van der Waals surface area contributed by atoms with Gasteiger partial charge in [0.1, 0.15) is 12.4 Å². The van der Waals surface area contributed by atoms with Gasteiger partial charge in [0.25, 0.3) is 0 Å². The molecule has 0 saturated heterocycles. The molecule has 0 unspecified atom stereocenters. The number of ether oxygens (including phenoxy) is 1. The predicted octanol–water partition coefficient (Wildman–Crippen LogP) is 7.08. The zero-order valence-corrected chi connectivity index (χ0v) is 21.4. The van der Waals surface area contributed by atoms with Crippen molar-refractivity contribution in [3.63, 3.8) is 0 Å². The second-order valence-corrected chi connectivity index (χ2v) is 10.2. The SMILES string of the molecule is Cn1c(COc2ccc(C3CCCCC3)cc2)nnc1SCC(=O)c1ccc(-c2ccccc2)cc1. The summed E-state index contributed by atoms with van der Waals surface area (Å²) in [4.78, 5) is 12.7. The third kappa shape index (κ3) is 5.88. The fraction of sp³-hybridized carbons (Fsp3) is 0.300. The van der Waals surface area contributed by atoms with Gasteiger partial charge in [-0.25, -0.2) is 0 Å². The summed E-state index contributed by atoms with van der Waals surface area (Å²) in [5.74, 6) is 2.63. The van der Waals surface area contributed by atoms with Crippen LogP contribution in [0, 0.1) is 0 Å².